The predicted molar refractivity (Wildman–Crippen MR) is 150 cm³/mol. The fraction of sp³-hybridized carbons (Fsp3) is 0.296. The molecule has 5 rings (SSSR count). The number of thiazole rings is 1. The molecule has 0 radical (unpaired) electrons. The molecule has 1 amide bonds. The van der Waals surface area contributed by atoms with Gasteiger partial charge in [-0.1, -0.05) is 55.5 Å². The monoisotopic (exact) mass is 531 g/mol. The fourth-order valence-electron chi connectivity index (χ4n) is 3.98. The van der Waals surface area contributed by atoms with Crippen LogP contribution in [0.2, 0.25) is 0 Å². The summed E-state index contributed by atoms with van der Waals surface area (Å²) in [6.07, 6.45) is 0.896. The molecular weight excluding hydrogens is 502 g/mol. The van der Waals surface area contributed by atoms with Gasteiger partial charge in [0, 0.05) is 30.2 Å². The van der Waals surface area contributed by atoms with Crippen LogP contribution in [0.4, 0.5) is 10.7 Å². The molecule has 38 heavy (non-hydrogen) atoms. The number of nitrogens with zero attached hydrogens (tertiary/aromatic N) is 3. The number of amidine groups is 1. The van der Waals surface area contributed by atoms with Gasteiger partial charge in [0.05, 0.1) is 18.0 Å². The third-order valence-electron chi connectivity index (χ3n) is 6.38. The molecule has 5 N–H and O–H groups in total. The molecule has 0 spiro atoms. The molecule has 1 saturated carbocycles. The van der Waals surface area contributed by atoms with E-state index >= 15 is 0 Å². The van der Waals surface area contributed by atoms with Gasteiger partial charge in [-0.15, -0.1) is 11.3 Å². The Morgan fingerprint density at radius 1 is 1.24 bits per heavy atom. The molecule has 0 bridgehead atoms. The maximum absolute atomic E-state index is 13.0. The quantitative estimate of drug-likeness (QED) is 0.198. The van der Waals surface area contributed by atoms with Gasteiger partial charge in [0.15, 0.2) is 5.69 Å². The van der Waals surface area contributed by atoms with Gasteiger partial charge in [0.25, 0.3) is 11.9 Å². The first-order valence-electron chi connectivity index (χ1n) is 12.3. The van der Waals surface area contributed by atoms with E-state index < -0.39 is 12.1 Å². The lowest BCUT2D eigenvalue weighted by molar-refractivity contribution is -0.117. The van der Waals surface area contributed by atoms with Crippen molar-refractivity contribution >= 4 is 45.6 Å². The summed E-state index contributed by atoms with van der Waals surface area (Å²) in [5.41, 5.74) is 9.29. The number of rotatable bonds is 8. The number of amides is 1. The number of ether oxygens (including phenoxy) is 2. The third kappa shape index (κ3) is 5.43. The number of carbonyl (C=O) groups excluding carboxylic acids is 1. The fourth-order valence-corrected chi connectivity index (χ4v) is 5.17. The number of benzodiazepines with no additional fused rings is 1. The Hall–Kier alpha value is -4.09. The van der Waals surface area contributed by atoms with Crippen LogP contribution in [0.3, 0.4) is 0 Å². The summed E-state index contributed by atoms with van der Waals surface area (Å²) in [5.74, 6) is -0.719. The molecular formula is C27H29N7O3S. The second-order valence-electron chi connectivity index (χ2n) is 9.33. The normalized spacial score (nSPS) is 18.1. The van der Waals surface area contributed by atoms with Crippen molar-refractivity contribution in [3.8, 4) is 0 Å². The molecule has 196 valence electrons. The summed E-state index contributed by atoms with van der Waals surface area (Å²) in [6, 6.07) is 16.6. The Labute approximate surface area is 224 Å². The van der Waals surface area contributed by atoms with Crippen LogP contribution < -0.4 is 16.4 Å². The van der Waals surface area contributed by atoms with Crippen molar-refractivity contribution in [2.24, 2.45) is 15.7 Å². The first kappa shape index (κ1) is 25.6. The highest BCUT2D eigenvalue weighted by Gasteiger charge is 2.43. The largest absolute Gasteiger partial charge is 0.405 e. The average Bonchev–Trinajstić information content (AvgIpc) is 3.55. The van der Waals surface area contributed by atoms with E-state index in [-0.39, 0.29) is 17.3 Å². The van der Waals surface area contributed by atoms with E-state index in [2.05, 4.69) is 32.5 Å². The minimum atomic E-state index is -1.21. The van der Waals surface area contributed by atoms with Gasteiger partial charge in [-0.3, -0.25) is 10.2 Å². The second-order valence-corrected chi connectivity index (χ2v) is 10.3. The second kappa shape index (κ2) is 10.7. The zero-order chi connectivity index (χ0) is 26.7. The summed E-state index contributed by atoms with van der Waals surface area (Å²) in [7, 11) is 1.63. The number of nitrogens with one attached hydrogen (secondary N) is 3. The van der Waals surface area contributed by atoms with Gasteiger partial charge in [-0.25, -0.2) is 9.98 Å². The van der Waals surface area contributed by atoms with Crippen LogP contribution in [0.25, 0.3) is 0 Å². The molecule has 3 aromatic rings. The van der Waals surface area contributed by atoms with Crippen molar-refractivity contribution in [2.75, 3.05) is 30.9 Å². The smallest absolute Gasteiger partial charge is 0.291 e. The van der Waals surface area contributed by atoms with E-state index in [4.69, 9.17) is 20.6 Å². The van der Waals surface area contributed by atoms with E-state index in [1.807, 2.05) is 54.6 Å². The Morgan fingerprint density at radius 2 is 1.97 bits per heavy atom. The van der Waals surface area contributed by atoms with Crippen LogP contribution in [0.1, 0.15) is 41.6 Å². The highest BCUT2D eigenvalue weighted by atomic mass is 32.1. The minimum absolute atomic E-state index is 0.0243. The maximum Gasteiger partial charge on any atom is 0.291 e. The standard InChI is InChI=1S/C27H29N7O3S/c1-27(12-13-27)25-33-20(24(38-25)30-14-15-36-2)21(28)37-26(29)34-22-23(35)31-18-11-7-6-10-17(18)19(32-22)16-8-4-3-5-9-16/h3-11,22,28,30H,12-15H2,1-2H3,(H2,29,34)(H,31,35). The van der Waals surface area contributed by atoms with Gasteiger partial charge in [-0.2, -0.15) is 4.99 Å². The van der Waals surface area contributed by atoms with Crippen LogP contribution in [0.5, 0.6) is 0 Å². The lowest BCUT2D eigenvalue weighted by Crippen LogP contribution is -2.29. The number of aromatic nitrogens is 1. The maximum atomic E-state index is 13.0. The molecule has 10 nitrogen and oxygen atoms in total. The van der Waals surface area contributed by atoms with Crippen molar-refractivity contribution in [3.63, 3.8) is 0 Å². The highest BCUT2D eigenvalue weighted by molar-refractivity contribution is 7.16. The molecule has 1 unspecified atom stereocenters. The van der Waals surface area contributed by atoms with Gasteiger partial charge < -0.3 is 25.8 Å². The van der Waals surface area contributed by atoms with E-state index in [1.165, 1.54) is 11.3 Å². The molecule has 1 aliphatic heterocycles. The topological polar surface area (TPSA) is 147 Å². The number of methoxy groups -OCH3 is 1. The number of hydrogen-bond acceptors (Lipinski definition) is 9. The van der Waals surface area contributed by atoms with Crippen LogP contribution in [0, 0.1) is 5.41 Å². The summed E-state index contributed by atoms with van der Waals surface area (Å²) in [6.45, 7) is 3.21. The SMILES string of the molecule is COCCNc1sc(C2(C)CC2)nc1C(=N)OC(N)=NC1N=C(c2ccccc2)c2ccccc2NC1=O. The third-order valence-corrected chi connectivity index (χ3v) is 7.70. The van der Waals surface area contributed by atoms with Crippen molar-refractivity contribution < 1.29 is 14.3 Å². The van der Waals surface area contributed by atoms with Gasteiger partial charge in [-0.05, 0) is 18.9 Å². The molecule has 2 aromatic carbocycles. The molecule has 0 saturated heterocycles. The Morgan fingerprint density at radius 3 is 2.71 bits per heavy atom. The van der Waals surface area contributed by atoms with E-state index in [0.717, 1.165) is 29.0 Å². The zero-order valence-corrected chi connectivity index (χ0v) is 22.0. The van der Waals surface area contributed by atoms with Crippen LogP contribution in [-0.2, 0) is 19.7 Å². The van der Waals surface area contributed by atoms with Crippen molar-refractivity contribution in [3.05, 3.63) is 76.4 Å². The number of aliphatic imine (C=N–C) groups is 2. The van der Waals surface area contributed by atoms with E-state index in [0.29, 0.717) is 35.2 Å². The number of fused-ring (bicyclic) bond motifs is 1. The van der Waals surface area contributed by atoms with Crippen molar-refractivity contribution in [2.45, 2.75) is 31.3 Å². The lowest BCUT2D eigenvalue weighted by Gasteiger charge is -2.10. The average molecular weight is 532 g/mol. The molecule has 1 fully saturated rings. The molecule has 2 aliphatic rings. The summed E-state index contributed by atoms with van der Waals surface area (Å²) in [5, 5.41) is 16.3. The van der Waals surface area contributed by atoms with E-state index in [9.17, 15) is 4.79 Å². The molecule has 2 heterocycles. The minimum Gasteiger partial charge on any atom is -0.405 e. The Balaban J connectivity index is 1.41. The van der Waals surface area contributed by atoms with E-state index in [1.54, 1.807) is 7.11 Å². The first-order valence-corrected chi connectivity index (χ1v) is 13.1. The zero-order valence-electron chi connectivity index (χ0n) is 21.2. The highest BCUT2D eigenvalue weighted by Crippen LogP contribution is 2.50. The summed E-state index contributed by atoms with van der Waals surface area (Å²) in [4.78, 5) is 26.6. The Bertz CT molecular complexity index is 1410. The van der Waals surface area contributed by atoms with Crippen LogP contribution in [0.15, 0.2) is 64.6 Å². The lowest BCUT2D eigenvalue weighted by atomic mass is 10.0. The van der Waals surface area contributed by atoms with Gasteiger partial charge in [0.2, 0.25) is 12.1 Å². The first-order chi connectivity index (χ1) is 18.4. The molecule has 1 atom stereocenters. The van der Waals surface area contributed by atoms with Crippen molar-refractivity contribution in [1.82, 2.24) is 4.98 Å². The summed E-state index contributed by atoms with van der Waals surface area (Å²) < 4.78 is 10.7. The van der Waals surface area contributed by atoms with Gasteiger partial charge >= 0.3 is 0 Å². The van der Waals surface area contributed by atoms with Crippen molar-refractivity contribution in [1.29, 1.82) is 5.41 Å². The molecule has 1 aliphatic carbocycles. The number of para-hydroxylation sites is 1. The number of anilines is 2. The van der Waals surface area contributed by atoms with Crippen LogP contribution >= 0.6 is 11.3 Å². The van der Waals surface area contributed by atoms with Crippen LogP contribution in [-0.4, -0.2) is 54.9 Å². The summed E-state index contributed by atoms with van der Waals surface area (Å²) >= 11 is 1.50. The molecule has 11 heteroatoms. The number of benzene rings is 2. The molecule has 1 aromatic heterocycles. The number of nitrogens with two attached hydrogens (primary N) is 1. The van der Waals surface area contributed by atoms with Gasteiger partial charge in [0.1, 0.15) is 10.0 Å². The number of hydrogen-bond donors (Lipinski definition) is 4. The predicted octanol–water partition coefficient (Wildman–Crippen LogP) is 3.73. The Kier molecular flexibility index (Phi) is 7.21. The number of carbonyl (C=O) groups is 1.